The van der Waals surface area contributed by atoms with Gasteiger partial charge >= 0.3 is 5.97 Å². The summed E-state index contributed by atoms with van der Waals surface area (Å²) in [5.41, 5.74) is 1.11. The number of anilines is 1. The second-order valence-electron chi connectivity index (χ2n) is 4.43. The predicted octanol–water partition coefficient (Wildman–Crippen LogP) is 2.13. The molecule has 112 valence electrons. The van der Waals surface area contributed by atoms with Crippen molar-refractivity contribution in [3.05, 3.63) is 47.2 Å². The van der Waals surface area contributed by atoms with E-state index in [-0.39, 0.29) is 16.3 Å². The van der Waals surface area contributed by atoms with Crippen LogP contribution in [0.15, 0.2) is 30.3 Å². The van der Waals surface area contributed by atoms with E-state index < -0.39 is 16.0 Å². The van der Waals surface area contributed by atoms with Gasteiger partial charge < -0.3 is 5.11 Å². The number of benzene rings is 1. The maximum Gasteiger partial charge on any atom is 0.340 e. The summed E-state index contributed by atoms with van der Waals surface area (Å²) in [7, 11) is -3.62. The minimum absolute atomic E-state index is 0.0491. The Balaban J connectivity index is 2.10. The van der Waals surface area contributed by atoms with Gasteiger partial charge in [-0.05, 0) is 30.4 Å². The van der Waals surface area contributed by atoms with Crippen LogP contribution in [-0.2, 0) is 16.4 Å². The smallest absolute Gasteiger partial charge is 0.340 e. The molecule has 1 aromatic carbocycles. The quantitative estimate of drug-likeness (QED) is 0.847. The van der Waals surface area contributed by atoms with Gasteiger partial charge in [-0.15, -0.1) is 0 Å². The molecule has 0 saturated carbocycles. The van der Waals surface area contributed by atoms with Crippen molar-refractivity contribution in [3.63, 3.8) is 0 Å². The topological polar surface area (TPSA) is 96.4 Å². The van der Waals surface area contributed by atoms with Gasteiger partial charge in [0, 0.05) is 0 Å². The Morgan fingerprint density at radius 2 is 2.00 bits per heavy atom. The number of rotatable bonds is 6. The van der Waals surface area contributed by atoms with E-state index in [1.165, 1.54) is 6.92 Å². The molecule has 0 aliphatic rings. The number of nitrogens with zero attached hydrogens (tertiary/aromatic N) is 1. The van der Waals surface area contributed by atoms with Crippen LogP contribution in [0.4, 0.5) is 5.00 Å². The Hall–Kier alpha value is -1.93. The zero-order chi connectivity index (χ0) is 15.5. The summed E-state index contributed by atoms with van der Waals surface area (Å²) in [5, 5.41) is 9.12. The van der Waals surface area contributed by atoms with Gasteiger partial charge in [0.1, 0.15) is 10.6 Å². The molecule has 21 heavy (non-hydrogen) atoms. The summed E-state index contributed by atoms with van der Waals surface area (Å²) >= 11 is 0.832. The first-order chi connectivity index (χ1) is 9.89. The first-order valence-corrected chi connectivity index (χ1v) is 8.55. The highest BCUT2D eigenvalue weighted by molar-refractivity contribution is 7.92. The molecule has 1 heterocycles. The van der Waals surface area contributed by atoms with Crippen molar-refractivity contribution in [1.29, 1.82) is 0 Å². The van der Waals surface area contributed by atoms with Gasteiger partial charge in [-0.1, -0.05) is 30.3 Å². The number of aromatic carboxylic acids is 1. The molecular weight excluding hydrogens is 312 g/mol. The fraction of sp³-hybridized carbons (Fsp3) is 0.231. The fourth-order valence-electron chi connectivity index (χ4n) is 1.78. The summed E-state index contributed by atoms with van der Waals surface area (Å²) in [5.74, 6) is -1.31. The maximum atomic E-state index is 12.0. The molecular formula is C13H14N2O4S2. The molecule has 0 bridgehead atoms. The first kappa shape index (κ1) is 15.5. The molecule has 2 rings (SSSR count). The van der Waals surface area contributed by atoms with Crippen molar-refractivity contribution >= 4 is 32.5 Å². The van der Waals surface area contributed by atoms with Crippen LogP contribution in [0.3, 0.4) is 0 Å². The van der Waals surface area contributed by atoms with Gasteiger partial charge in [-0.3, -0.25) is 4.72 Å². The molecule has 0 unspecified atom stereocenters. The largest absolute Gasteiger partial charge is 0.478 e. The molecule has 2 N–H and O–H groups in total. The molecule has 2 aromatic rings. The zero-order valence-corrected chi connectivity index (χ0v) is 12.9. The fourth-order valence-corrected chi connectivity index (χ4v) is 3.95. The molecule has 0 fully saturated rings. The van der Waals surface area contributed by atoms with Crippen LogP contribution in [0.5, 0.6) is 0 Å². The Labute approximate surface area is 126 Å². The molecule has 0 atom stereocenters. The average Bonchev–Trinajstić information content (AvgIpc) is 2.78. The lowest BCUT2D eigenvalue weighted by atomic mass is 10.2. The van der Waals surface area contributed by atoms with Crippen LogP contribution in [0, 0.1) is 6.92 Å². The number of aryl methyl sites for hydroxylation is 2. The zero-order valence-electron chi connectivity index (χ0n) is 11.2. The van der Waals surface area contributed by atoms with E-state index in [1.54, 1.807) is 0 Å². The molecule has 6 nitrogen and oxygen atoms in total. The monoisotopic (exact) mass is 326 g/mol. The number of hydrogen-bond donors (Lipinski definition) is 2. The lowest BCUT2D eigenvalue weighted by Crippen LogP contribution is -2.19. The third-order valence-electron chi connectivity index (χ3n) is 2.83. The van der Waals surface area contributed by atoms with Gasteiger partial charge in [0.05, 0.1) is 11.4 Å². The summed E-state index contributed by atoms with van der Waals surface area (Å²) in [6.45, 7) is 1.53. The van der Waals surface area contributed by atoms with Crippen molar-refractivity contribution in [3.8, 4) is 0 Å². The van der Waals surface area contributed by atoms with Gasteiger partial charge in [0.2, 0.25) is 10.0 Å². The van der Waals surface area contributed by atoms with Crippen LogP contribution >= 0.6 is 11.5 Å². The van der Waals surface area contributed by atoms with Crippen molar-refractivity contribution < 1.29 is 18.3 Å². The van der Waals surface area contributed by atoms with Crippen molar-refractivity contribution in [1.82, 2.24) is 4.37 Å². The molecule has 0 radical (unpaired) electrons. The van der Waals surface area contributed by atoms with Gasteiger partial charge in [0.15, 0.2) is 0 Å². The second kappa shape index (κ2) is 6.23. The molecule has 0 saturated heterocycles. The van der Waals surface area contributed by atoms with Crippen molar-refractivity contribution in [2.45, 2.75) is 13.3 Å². The Bertz CT molecular complexity index is 739. The highest BCUT2D eigenvalue weighted by Gasteiger charge is 2.21. The summed E-state index contributed by atoms with van der Waals surface area (Å²) in [4.78, 5) is 11.1. The maximum absolute atomic E-state index is 12.0. The first-order valence-electron chi connectivity index (χ1n) is 6.13. The number of carboxylic acid groups (broad SMARTS) is 1. The second-order valence-corrected chi connectivity index (χ2v) is 7.05. The van der Waals surface area contributed by atoms with Gasteiger partial charge in [0.25, 0.3) is 0 Å². The molecule has 8 heteroatoms. The minimum Gasteiger partial charge on any atom is -0.478 e. The lowest BCUT2D eigenvalue weighted by molar-refractivity contribution is 0.0697. The van der Waals surface area contributed by atoms with E-state index in [4.69, 9.17) is 5.11 Å². The predicted molar refractivity (Wildman–Crippen MR) is 81.4 cm³/mol. The van der Waals surface area contributed by atoms with Crippen molar-refractivity contribution in [2.75, 3.05) is 10.5 Å². The third-order valence-corrected chi connectivity index (χ3v) is 5.07. The Morgan fingerprint density at radius 3 is 2.62 bits per heavy atom. The third kappa shape index (κ3) is 4.02. The van der Waals surface area contributed by atoms with E-state index in [2.05, 4.69) is 9.10 Å². The minimum atomic E-state index is -3.62. The standard InChI is InChI=1S/C13H14N2O4S2/c1-9-11(13(16)17)12(20-14-9)15-21(18,19)8-7-10-5-3-2-4-6-10/h2-6,15H,7-8H2,1H3,(H,16,17). The number of hydrogen-bond acceptors (Lipinski definition) is 5. The number of carbonyl (C=O) groups is 1. The molecule has 1 aromatic heterocycles. The highest BCUT2D eigenvalue weighted by Crippen LogP contribution is 2.25. The molecule has 0 aliphatic carbocycles. The SMILES string of the molecule is Cc1nsc(NS(=O)(=O)CCc2ccccc2)c1C(=O)O. The average molecular weight is 326 g/mol. The molecule has 0 spiro atoms. The summed E-state index contributed by atoms with van der Waals surface area (Å²) in [6, 6.07) is 9.22. The normalized spacial score (nSPS) is 11.3. The number of aromatic nitrogens is 1. The Kier molecular flexibility index (Phi) is 4.59. The number of nitrogens with one attached hydrogen (secondary N) is 1. The number of carboxylic acids is 1. The lowest BCUT2D eigenvalue weighted by Gasteiger charge is -2.07. The van der Waals surface area contributed by atoms with Crippen LogP contribution < -0.4 is 4.72 Å². The van der Waals surface area contributed by atoms with E-state index in [0.717, 1.165) is 17.1 Å². The number of sulfonamides is 1. The van der Waals surface area contributed by atoms with Gasteiger partial charge in [-0.2, -0.15) is 4.37 Å². The summed E-state index contributed by atoms with van der Waals surface area (Å²) < 4.78 is 30.2. The molecule has 0 amide bonds. The van der Waals surface area contributed by atoms with Crippen LogP contribution in [0.1, 0.15) is 21.6 Å². The van der Waals surface area contributed by atoms with Crippen molar-refractivity contribution in [2.24, 2.45) is 0 Å². The van der Waals surface area contributed by atoms with Crippen LogP contribution in [0.25, 0.3) is 0 Å². The summed E-state index contributed by atoms with van der Waals surface area (Å²) in [6.07, 6.45) is 0.358. The Morgan fingerprint density at radius 1 is 1.33 bits per heavy atom. The molecule has 0 aliphatic heterocycles. The van der Waals surface area contributed by atoms with E-state index in [9.17, 15) is 13.2 Å². The van der Waals surface area contributed by atoms with E-state index >= 15 is 0 Å². The van der Waals surface area contributed by atoms with E-state index in [1.807, 2.05) is 30.3 Å². The van der Waals surface area contributed by atoms with Crippen LogP contribution in [0.2, 0.25) is 0 Å². The van der Waals surface area contributed by atoms with Gasteiger partial charge in [-0.25, -0.2) is 13.2 Å². The van der Waals surface area contributed by atoms with Crippen LogP contribution in [-0.4, -0.2) is 29.6 Å². The highest BCUT2D eigenvalue weighted by atomic mass is 32.2. The van der Waals surface area contributed by atoms with E-state index in [0.29, 0.717) is 12.1 Å².